The Hall–Kier alpha value is -3.30. The lowest BCUT2D eigenvalue weighted by molar-refractivity contribution is 0.0781. The molecule has 178 valence electrons. The highest BCUT2D eigenvalue weighted by Gasteiger charge is 2.21. The predicted octanol–water partition coefficient (Wildman–Crippen LogP) is 3.37. The quantitative estimate of drug-likeness (QED) is 0.384. The Labute approximate surface area is 204 Å². The smallest absolute Gasteiger partial charge is 0.273 e. The molecule has 4 aromatic rings. The van der Waals surface area contributed by atoms with Crippen LogP contribution < -0.4 is 0 Å². The van der Waals surface area contributed by atoms with Crippen molar-refractivity contribution in [3.63, 3.8) is 0 Å². The second-order valence-corrected chi connectivity index (χ2v) is 9.05. The fourth-order valence-electron chi connectivity index (χ4n) is 3.77. The third-order valence-electron chi connectivity index (χ3n) is 5.80. The van der Waals surface area contributed by atoms with E-state index < -0.39 is 0 Å². The average Bonchev–Trinajstić information content (AvgIpc) is 3.43. The molecule has 0 spiro atoms. The number of benzene rings is 1. The number of amides is 1. The van der Waals surface area contributed by atoms with Crippen LogP contribution in [0.5, 0.6) is 0 Å². The molecule has 0 saturated carbocycles. The summed E-state index contributed by atoms with van der Waals surface area (Å²) in [6, 6.07) is 5.28. The number of hydrogen-bond acceptors (Lipinski definition) is 6. The average molecular weight is 481 g/mol. The van der Waals surface area contributed by atoms with Crippen LogP contribution in [0.25, 0.3) is 16.9 Å². The van der Waals surface area contributed by atoms with Crippen molar-refractivity contribution in [1.29, 1.82) is 0 Å². The molecule has 0 saturated heterocycles. The number of carbonyl (C=O) groups excluding carboxylic acids is 1. The minimum Gasteiger partial charge on any atom is -0.336 e. The zero-order valence-electron chi connectivity index (χ0n) is 20.2. The van der Waals surface area contributed by atoms with Crippen LogP contribution in [0.15, 0.2) is 36.8 Å². The number of rotatable bonds is 8. The van der Waals surface area contributed by atoms with Crippen LogP contribution in [0.1, 0.15) is 34.2 Å². The second kappa shape index (κ2) is 9.90. The molecule has 0 bridgehead atoms. The maximum Gasteiger partial charge on any atom is 0.273 e. The summed E-state index contributed by atoms with van der Waals surface area (Å²) < 4.78 is 3.53. The fraction of sp³-hybridized carbons (Fsp3) is 0.375. The van der Waals surface area contributed by atoms with Gasteiger partial charge in [0.25, 0.3) is 11.9 Å². The van der Waals surface area contributed by atoms with Gasteiger partial charge in [-0.3, -0.25) is 9.48 Å². The van der Waals surface area contributed by atoms with E-state index in [0.29, 0.717) is 28.4 Å². The van der Waals surface area contributed by atoms with Gasteiger partial charge in [0.1, 0.15) is 5.69 Å². The minimum absolute atomic E-state index is 0.223. The van der Waals surface area contributed by atoms with Gasteiger partial charge in [0, 0.05) is 54.5 Å². The van der Waals surface area contributed by atoms with E-state index in [1.54, 1.807) is 41.0 Å². The fourth-order valence-corrected chi connectivity index (χ4v) is 3.94. The lowest BCUT2D eigenvalue weighted by Gasteiger charge is -2.18. The van der Waals surface area contributed by atoms with Crippen LogP contribution in [0.3, 0.4) is 0 Å². The highest BCUT2D eigenvalue weighted by molar-refractivity contribution is 6.31. The minimum atomic E-state index is -0.223. The monoisotopic (exact) mass is 480 g/mol. The summed E-state index contributed by atoms with van der Waals surface area (Å²) in [5, 5.41) is 9.95. The van der Waals surface area contributed by atoms with E-state index in [1.807, 2.05) is 45.0 Å². The second-order valence-electron chi connectivity index (χ2n) is 8.61. The van der Waals surface area contributed by atoms with Gasteiger partial charge in [-0.1, -0.05) is 11.6 Å². The molecule has 34 heavy (non-hydrogen) atoms. The first-order valence-corrected chi connectivity index (χ1v) is 11.6. The number of likely N-dealkylation sites (N-methyl/N-ethyl adjacent to an activating group) is 1. The summed E-state index contributed by atoms with van der Waals surface area (Å²) in [5.74, 6) is 0.122. The van der Waals surface area contributed by atoms with Crippen molar-refractivity contribution in [2.75, 3.05) is 27.7 Å². The standard InChI is InChI=1S/C24H29ClN8O/c1-6-32-16(2)18(13-27-32)15-31(5)23(34)22-20-11-19(25)7-8-21(20)28-24(29-22)33-14-17(12-26-33)9-10-30(3)4/h7-8,11-14H,6,9-10,15H2,1-5H3. The highest BCUT2D eigenvalue weighted by atomic mass is 35.5. The Morgan fingerprint density at radius 3 is 2.62 bits per heavy atom. The number of fused-ring (bicyclic) bond motifs is 1. The van der Waals surface area contributed by atoms with Crippen molar-refractivity contribution in [3.8, 4) is 5.95 Å². The van der Waals surface area contributed by atoms with E-state index >= 15 is 0 Å². The first-order valence-electron chi connectivity index (χ1n) is 11.2. The Morgan fingerprint density at radius 2 is 1.91 bits per heavy atom. The van der Waals surface area contributed by atoms with E-state index in [9.17, 15) is 4.79 Å². The summed E-state index contributed by atoms with van der Waals surface area (Å²) in [6.45, 7) is 6.15. The molecule has 3 aromatic heterocycles. The molecule has 0 aliphatic heterocycles. The molecule has 10 heteroatoms. The van der Waals surface area contributed by atoms with Crippen LogP contribution in [0.4, 0.5) is 0 Å². The molecule has 1 amide bonds. The number of aromatic nitrogens is 6. The Kier molecular flexibility index (Phi) is 6.95. The Balaban J connectivity index is 1.70. The summed E-state index contributed by atoms with van der Waals surface area (Å²) >= 11 is 6.25. The van der Waals surface area contributed by atoms with Gasteiger partial charge >= 0.3 is 0 Å². The molecular weight excluding hydrogens is 452 g/mol. The van der Waals surface area contributed by atoms with Crippen molar-refractivity contribution >= 4 is 28.4 Å². The Morgan fingerprint density at radius 1 is 1.12 bits per heavy atom. The van der Waals surface area contributed by atoms with Gasteiger partial charge in [-0.2, -0.15) is 10.2 Å². The molecule has 3 heterocycles. The van der Waals surface area contributed by atoms with Crippen LogP contribution in [0.2, 0.25) is 5.02 Å². The van der Waals surface area contributed by atoms with E-state index in [4.69, 9.17) is 11.6 Å². The summed E-state index contributed by atoms with van der Waals surface area (Å²) in [6.07, 6.45) is 6.37. The first kappa shape index (κ1) is 23.8. The molecular formula is C24H29ClN8O. The molecule has 0 atom stereocenters. The van der Waals surface area contributed by atoms with Crippen LogP contribution in [-0.4, -0.2) is 72.9 Å². The number of carbonyl (C=O) groups is 1. The lowest BCUT2D eigenvalue weighted by atomic mass is 10.1. The topological polar surface area (TPSA) is 85.0 Å². The highest BCUT2D eigenvalue weighted by Crippen LogP contribution is 2.23. The maximum atomic E-state index is 13.6. The summed E-state index contributed by atoms with van der Waals surface area (Å²) in [4.78, 5) is 26.6. The van der Waals surface area contributed by atoms with E-state index in [-0.39, 0.29) is 11.6 Å². The zero-order chi connectivity index (χ0) is 24.4. The molecule has 0 aliphatic carbocycles. The van der Waals surface area contributed by atoms with Gasteiger partial charge in [-0.05, 0) is 58.1 Å². The number of aryl methyl sites for hydroxylation is 1. The zero-order valence-corrected chi connectivity index (χ0v) is 20.9. The van der Waals surface area contributed by atoms with Gasteiger partial charge in [0.2, 0.25) is 0 Å². The van der Waals surface area contributed by atoms with Gasteiger partial charge < -0.3 is 9.80 Å². The van der Waals surface area contributed by atoms with E-state index in [0.717, 1.165) is 36.3 Å². The van der Waals surface area contributed by atoms with Crippen LogP contribution in [-0.2, 0) is 19.5 Å². The predicted molar refractivity (Wildman–Crippen MR) is 132 cm³/mol. The van der Waals surface area contributed by atoms with Gasteiger partial charge in [-0.15, -0.1) is 0 Å². The molecule has 9 nitrogen and oxygen atoms in total. The van der Waals surface area contributed by atoms with E-state index in [2.05, 4.69) is 25.1 Å². The van der Waals surface area contributed by atoms with Crippen molar-refractivity contribution in [3.05, 3.63) is 64.3 Å². The number of nitrogens with zero attached hydrogens (tertiary/aromatic N) is 8. The molecule has 0 N–H and O–H groups in total. The van der Waals surface area contributed by atoms with Gasteiger partial charge in [-0.25, -0.2) is 14.6 Å². The summed E-state index contributed by atoms with van der Waals surface area (Å²) in [5.41, 5.74) is 4.02. The van der Waals surface area contributed by atoms with Gasteiger partial charge in [0.15, 0.2) is 0 Å². The largest absolute Gasteiger partial charge is 0.336 e. The number of hydrogen-bond donors (Lipinski definition) is 0. The van der Waals surface area contributed by atoms with E-state index in [1.165, 1.54) is 0 Å². The molecule has 0 unspecified atom stereocenters. The Bertz CT molecular complexity index is 1330. The lowest BCUT2D eigenvalue weighted by Crippen LogP contribution is -2.28. The molecule has 0 fully saturated rings. The summed E-state index contributed by atoms with van der Waals surface area (Å²) in [7, 11) is 5.83. The third kappa shape index (κ3) is 4.95. The maximum absolute atomic E-state index is 13.6. The molecule has 0 aliphatic rings. The third-order valence-corrected chi connectivity index (χ3v) is 6.03. The molecule has 4 rings (SSSR count). The van der Waals surface area contributed by atoms with Gasteiger partial charge in [0.05, 0.1) is 17.9 Å². The van der Waals surface area contributed by atoms with Crippen molar-refractivity contribution in [2.24, 2.45) is 0 Å². The van der Waals surface area contributed by atoms with Crippen LogP contribution >= 0.6 is 11.6 Å². The van der Waals surface area contributed by atoms with Crippen molar-refractivity contribution in [1.82, 2.24) is 39.3 Å². The SMILES string of the molecule is CCn1ncc(CN(C)C(=O)c2nc(-n3cc(CCN(C)C)cn3)nc3ccc(Cl)cc23)c1C. The number of halogens is 1. The van der Waals surface area contributed by atoms with Crippen molar-refractivity contribution in [2.45, 2.75) is 33.4 Å². The normalized spacial score (nSPS) is 11.5. The molecule has 0 radical (unpaired) electrons. The van der Waals surface area contributed by atoms with Crippen molar-refractivity contribution < 1.29 is 4.79 Å². The first-order chi connectivity index (χ1) is 16.3. The molecule has 1 aromatic carbocycles. The van der Waals surface area contributed by atoms with Crippen LogP contribution in [0, 0.1) is 6.92 Å².